The van der Waals surface area contributed by atoms with Crippen molar-refractivity contribution >= 4 is 40.5 Å². The number of primary amides is 1. The predicted molar refractivity (Wildman–Crippen MR) is 149 cm³/mol. The summed E-state index contributed by atoms with van der Waals surface area (Å²) in [4.78, 5) is 65.4. The summed E-state index contributed by atoms with van der Waals surface area (Å²) in [6.07, 6.45) is -0.273. The van der Waals surface area contributed by atoms with Crippen LogP contribution < -0.4 is 27.4 Å². The number of para-hydroxylation sites is 1. The van der Waals surface area contributed by atoms with Gasteiger partial charge in [-0.2, -0.15) is 0 Å². The number of aromatic nitrogens is 1. The zero-order valence-corrected chi connectivity index (χ0v) is 22.4. The van der Waals surface area contributed by atoms with Gasteiger partial charge in [0.2, 0.25) is 23.6 Å². The van der Waals surface area contributed by atoms with Crippen LogP contribution in [-0.4, -0.2) is 75.1 Å². The number of amides is 4. The Balaban J connectivity index is 1.68. The summed E-state index contributed by atoms with van der Waals surface area (Å²) in [5, 5.41) is 27.7. The van der Waals surface area contributed by atoms with E-state index in [1.54, 1.807) is 36.5 Å². The van der Waals surface area contributed by atoms with Crippen LogP contribution in [0.1, 0.15) is 24.5 Å². The Morgan fingerprint density at radius 2 is 1.49 bits per heavy atom. The first-order valence-electron chi connectivity index (χ1n) is 12.9. The first-order valence-corrected chi connectivity index (χ1v) is 12.9. The molecular weight excluding hydrogens is 532 g/mol. The molecule has 0 fully saturated rings. The highest BCUT2D eigenvalue weighted by molar-refractivity contribution is 5.96. The van der Waals surface area contributed by atoms with E-state index in [1.807, 2.05) is 24.3 Å². The lowest BCUT2D eigenvalue weighted by atomic mass is 10.0. The number of carbonyl (C=O) groups excluding carboxylic acids is 4. The molecule has 2 aromatic carbocycles. The lowest BCUT2D eigenvalue weighted by Gasteiger charge is -2.26. The van der Waals surface area contributed by atoms with E-state index in [4.69, 9.17) is 11.5 Å². The van der Waals surface area contributed by atoms with Gasteiger partial charge in [0.05, 0.1) is 18.6 Å². The number of aromatic amines is 1. The second kappa shape index (κ2) is 14.1. The van der Waals surface area contributed by atoms with Crippen molar-refractivity contribution in [2.45, 2.75) is 56.5 Å². The Labute approximate surface area is 235 Å². The molecule has 1 aromatic heterocycles. The number of nitrogens with one attached hydrogen (secondary N) is 4. The van der Waals surface area contributed by atoms with Gasteiger partial charge in [-0.25, -0.2) is 4.79 Å². The lowest BCUT2D eigenvalue weighted by molar-refractivity contribution is -0.143. The summed E-state index contributed by atoms with van der Waals surface area (Å²) in [5.74, 6) is -4.95. The summed E-state index contributed by atoms with van der Waals surface area (Å²) in [6, 6.07) is 10.4. The third kappa shape index (κ3) is 8.62. The molecule has 0 aliphatic carbocycles. The lowest BCUT2D eigenvalue weighted by Crippen LogP contribution is -2.60. The van der Waals surface area contributed by atoms with Gasteiger partial charge >= 0.3 is 5.97 Å². The first-order chi connectivity index (χ1) is 19.5. The topological polar surface area (TPSA) is 230 Å². The van der Waals surface area contributed by atoms with Gasteiger partial charge in [0.1, 0.15) is 18.1 Å². The minimum absolute atomic E-state index is 0.0446. The molecule has 5 atom stereocenters. The van der Waals surface area contributed by atoms with Gasteiger partial charge in [-0.05, 0) is 30.5 Å². The van der Waals surface area contributed by atoms with Gasteiger partial charge in [0.25, 0.3) is 0 Å². The number of carboxylic acids is 1. The Morgan fingerprint density at radius 3 is 2.12 bits per heavy atom. The molecule has 13 heteroatoms. The smallest absolute Gasteiger partial charge is 0.326 e. The summed E-state index contributed by atoms with van der Waals surface area (Å²) in [7, 11) is 0. The number of benzene rings is 2. The van der Waals surface area contributed by atoms with E-state index in [0.717, 1.165) is 16.5 Å². The average Bonchev–Trinajstić information content (AvgIpc) is 3.33. The maximum absolute atomic E-state index is 13.1. The molecule has 0 aliphatic rings. The molecule has 0 saturated carbocycles. The van der Waals surface area contributed by atoms with Crippen molar-refractivity contribution < 1.29 is 34.2 Å². The number of H-pyrrole nitrogens is 1. The van der Waals surface area contributed by atoms with Crippen molar-refractivity contribution in [1.29, 1.82) is 0 Å². The molecule has 41 heavy (non-hydrogen) atoms. The number of carboxylic acid groups (broad SMARTS) is 1. The average molecular weight is 567 g/mol. The molecule has 0 bridgehead atoms. The maximum atomic E-state index is 13.1. The predicted octanol–water partition coefficient (Wildman–Crippen LogP) is -0.924. The summed E-state index contributed by atoms with van der Waals surface area (Å²) < 4.78 is 0. The molecule has 5 unspecified atom stereocenters. The molecule has 0 saturated heterocycles. The van der Waals surface area contributed by atoms with Crippen LogP contribution in [0, 0.1) is 0 Å². The maximum Gasteiger partial charge on any atom is 0.326 e. The molecule has 10 N–H and O–H groups in total. The minimum atomic E-state index is -1.60. The molecule has 1 heterocycles. The number of nitrogens with two attached hydrogens (primary N) is 2. The third-order valence-electron chi connectivity index (χ3n) is 6.45. The van der Waals surface area contributed by atoms with Gasteiger partial charge in [-0.15, -0.1) is 0 Å². The highest BCUT2D eigenvalue weighted by Crippen LogP contribution is 2.18. The number of hydrogen-bond acceptors (Lipinski definition) is 7. The summed E-state index contributed by atoms with van der Waals surface area (Å²) in [6.45, 7) is 1.22. The fraction of sp³-hybridized carbons (Fsp3) is 0.321. The van der Waals surface area contributed by atoms with Gasteiger partial charge in [0, 0.05) is 23.5 Å². The van der Waals surface area contributed by atoms with Crippen LogP contribution in [0.15, 0.2) is 60.8 Å². The fourth-order valence-corrected chi connectivity index (χ4v) is 4.29. The number of carbonyl (C=O) groups is 5. The van der Waals surface area contributed by atoms with Crippen molar-refractivity contribution in [3.05, 3.63) is 71.9 Å². The molecule has 0 spiro atoms. The minimum Gasteiger partial charge on any atom is -0.480 e. The van der Waals surface area contributed by atoms with Crippen LogP contribution in [0.2, 0.25) is 0 Å². The van der Waals surface area contributed by atoms with Gasteiger partial charge < -0.3 is 42.6 Å². The SMILES string of the molecule is CC(O)C(NC(=O)C(CC(N)=O)NC(=O)C(N)Cc1c[nH]c2ccccc12)C(=O)NC(Cc1ccccc1)C(=O)O. The highest BCUT2D eigenvalue weighted by atomic mass is 16.4. The number of rotatable bonds is 14. The van der Waals surface area contributed by atoms with Crippen LogP contribution in [0.5, 0.6) is 0 Å². The zero-order valence-electron chi connectivity index (χ0n) is 22.4. The van der Waals surface area contributed by atoms with E-state index in [-0.39, 0.29) is 12.8 Å². The molecule has 0 radical (unpaired) electrons. The summed E-state index contributed by atoms with van der Waals surface area (Å²) >= 11 is 0. The molecule has 3 rings (SSSR count). The van der Waals surface area contributed by atoms with E-state index in [9.17, 15) is 34.2 Å². The number of aliphatic carboxylic acids is 1. The van der Waals surface area contributed by atoms with Crippen LogP contribution in [-0.2, 0) is 36.8 Å². The number of aliphatic hydroxyl groups excluding tert-OH is 1. The van der Waals surface area contributed by atoms with Crippen LogP contribution in [0.25, 0.3) is 10.9 Å². The van der Waals surface area contributed by atoms with E-state index in [0.29, 0.717) is 5.56 Å². The quantitative estimate of drug-likeness (QED) is 0.121. The standard InChI is InChI=1S/C28H34N6O7/c1-15(35)24(27(39)33-22(28(40)41)11-16-7-3-2-4-8-16)34-26(38)21(13-23(30)36)32-25(37)19(29)12-17-14-31-20-10-6-5-9-18(17)20/h2-10,14-15,19,21-22,24,31,35H,11-13,29H2,1H3,(H2,30,36)(H,32,37)(H,33,39)(H,34,38)(H,40,41). The Morgan fingerprint density at radius 1 is 0.854 bits per heavy atom. The second-order valence-electron chi connectivity index (χ2n) is 9.72. The van der Waals surface area contributed by atoms with Crippen LogP contribution in [0.3, 0.4) is 0 Å². The van der Waals surface area contributed by atoms with E-state index in [1.165, 1.54) is 6.92 Å². The second-order valence-corrected chi connectivity index (χ2v) is 9.72. The Kier molecular flexibility index (Phi) is 10.6. The number of aliphatic hydroxyl groups is 1. The van der Waals surface area contributed by atoms with Crippen molar-refractivity contribution in [1.82, 2.24) is 20.9 Å². The molecule has 4 amide bonds. The fourth-order valence-electron chi connectivity index (χ4n) is 4.29. The van der Waals surface area contributed by atoms with Crippen LogP contribution in [0.4, 0.5) is 0 Å². The van der Waals surface area contributed by atoms with E-state index < -0.39 is 66.3 Å². The summed E-state index contributed by atoms with van der Waals surface area (Å²) in [5.41, 5.74) is 13.6. The molecule has 13 nitrogen and oxygen atoms in total. The Hall–Kier alpha value is -4.75. The third-order valence-corrected chi connectivity index (χ3v) is 6.45. The van der Waals surface area contributed by atoms with Crippen molar-refractivity contribution in [2.24, 2.45) is 11.5 Å². The molecule has 218 valence electrons. The monoisotopic (exact) mass is 566 g/mol. The van der Waals surface area contributed by atoms with Crippen LogP contribution >= 0.6 is 0 Å². The number of hydrogen-bond donors (Lipinski definition) is 8. The molecule has 0 aliphatic heterocycles. The van der Waals surface area contributed by atoms with Crippen molar-refractivity contribution in [3.8, 4) is 0 Å². The van der Waals surface area contributed by atoms with E-state index in [2.05, 4.69) is 20.9 Å². The van der Waals surface area contributed by atoms with Gasteiger partial charge in [-0.3, -0.25) is 19.2 Å². The number of fused-ring (bicyclic) bond motifs is 1. The largest absolute Gasteiger partial charge is 0.480 e. The van der Waals surface area contributed by atoms with Crippen molar-refractivity contribution in [3.63, 3.8) is 0 Å². The Bertz CT molecular complexity index is 1390. The zero-order chi connectivity index (χ0) is 30.1. The van der Waals surface area contributed by atoms with Gasteiger partial charge in [0.15, 0.2) is 0 Å². The normalized spacial score (nSPS) is 14.7. The highest BCUT2D eigenvalue weighted by Gasteiger charge is 2.33. The van der Waals surface area contributed by atoms with Gasteiger partial charge in [-0.1, -0.05) is 48.5 Å². The van der Waals surface area contributed by atoms with Crippen molar-refractivity contribution in [2.75, 3.05) is 0 Å². The molecular formula is C28H34N6O7. The van der Waals surface area contributed by atoms with E-state index >= 15 is 0 Å². The first kappa shape index (κ1) is 30.8. The molecule has 3 aromatic rings.